The number of aliphatic hydroxyl groups is 1. The molecular weight excluding hydrogens is 238 g/mol. The first-order valence-corrected chi connectivity index (χ1v) is 7.15. The van der Waals surface area contributed by atoms with Gasteiger partial charge in [-0.05, 0) is 43.9 Å². The zero-order valence-corrected chi connectivity index (χ0v) is 12.8. The molecule has 0 aliphatic heterocycles. The van der Waals surface area contributed by atoms with Crippen LogP contribution < -0.4 is 10.1 Å². The molecule has 0 radical (unpaired) electrons. The molecule has 0 aliphatic rings. The minimum absolute atomic E-state index is 0.354. The average Bonchev–Trinajstić information content (AvgIpc) is 2.33. The molecule has 0 unspecified atom stereocenters. The summed E-state index contributed by atoms with van der Waals surface area (Å²) in [6.45, 7) is 11.6. The first-order valence-electron chi connectivity index (χ1n) is 7.15. The van der Waals surface area contributed by atoms with Crippen LogP contribution in [0.3, 0.4) is 0 Å². The molecule has 0 spiro atoms. The van der Waals surface area contributed by atoms with Gasteiger partial charge in [-0.15, -0.1) is 0 Å². The Kier molecular flexibility index (Phi) is 6.32. The van der Waals surface area contributed by atoms with E-state index in [-0.39, 0.29) is 0 Å². The van der Waals surface area contributed by atoms with Gasteiger partial charge in [0.1, 0.15) is 25.0 Å². The standard InChI is InChI=1S/C16H27NO2/c1-11(2)15-7-6-13(5)8-16(15)19-10-14(18)9-17-12(3)4/h6-8,11-12,14,17-18H,9-10H2,1-5H3/p+1/t14-/m0/s1. The summed E-state index contributed by atoms with van der Waals surface area (Å²) in [4.78, 5) is 0. The lowest BCUT2D eigenvalue weighted by molar-refractivity contribution is -0.688. The number of quaternary nitrogens is 1. The van der Waals surface area contributed by atoms with Crippen LogP contribution in [0.5, 0.6) is 5.75 Å². The van der Waals surface area contributed by atoms with Crippen LogP contribution in [0.1, 0.15) is 44.7 Å². The van der Waals surface area contributed by atoms with Crippen molar-refractivity contribution in [1.82, 2.24) is 0 Å². The van der Waals surface area contributed by atoms with Crippen LogP contribution in [-0.2, 0) is 0 Å². The Hall–Kier alpha value is -1.06. The number of hydrogen-bond donors (Lipinski definition) is 2. The van der Waals surface area contributed by atoms with Gasteiger partial charge in [0.2, 0.25) is 0 Å². The molecule has 1 rings (SSSR count). The Balaban J connectivity index is 2.59. The predicted octanol–water partition coefficient (Wildman–Crippen LogP) is 1.83. The smallest absolute Gasteiger partial charge is 0.137 e. The van der Waals surface area contributed by atoms with Crippen LogP contribution in [0.4, 0.5) is 0 Å². The lowest BCUT2D eigenvalue weighted by Gasteiger charge is -2.17. The number of aryl methyl sites for hydroxylation is 1. The molecule has 1 aromatic carbocycles. The van der Waals surface area contributed by atoms with Gasteiger partial charge < -0.3 is 15.2 Å². The molecule has 3 N–H and O–H groups in total. The molecule has 0 bridgehead atoms. The summed E-state index contributed by atoms with van der Waals surface area (Å²) in [5, 5.41) is 12.0. The third kappa shape index (κ3) is 5.62. The molecular formula is C16H28NO2+. The number of hydrogen-bond acceptors (Lipinski definition) is 2. The normalized spacial score (nSPS) is 13.1. The van der Waals surface area contributed by atoms with Crippen LogP contribution in [0.2, 0.25) is 0 Å². The van der Waals surface area contributed by atoms with E-state index in [1.54, 1.807) is 0 Å². The quantitative estimate of drug-likeness (QED) is 0.791. The van der Waals surface area contributed by atoms with Gasteiger partial charge in [-0.1, -0.05) is 26.0 Å². The van der Waals surface area contributed by atoms with Gasteiger partial charge in [0.15, 0.2) is 0 Å². The lowest BCUT2D eigenvalue weighted by atomic mass is 10.0. The summed E-state index contributed by atoms with van der Waals surface area (Å²) in [5.74, 6) is 1.33. The maximum Gasteiger partial charge on any atom is 0.137 e. The van der Waals surface area contributed by atoms with Crippen LogP contribution >= 0.6 is 0 Å². The second kappa shape index (κ2) is 7.51. The molecule has 0 heterocycles. The van der Waals surface area contributed by atoms with Crippen molar-refractivity contribution in [2.24, 2.45) is 0 Å². The van der Waals surface area contributed by atoms with Crippen LogP contribution in [0.25, 0.3) is 0 Å². The van der Waals surface area contributed by atoms with Gasteiger partial charge in [0.05, 0.1) is 6.04 Å². The fourth-order valence-corrected chi connectivity index (χ4v) is 1.93. The highest BCUT2D eigenvalue weighted by Gasteiger charge is 2.12. The van der Waals surface area contributed by atoms with E-state index < -0.39 is 6.10 Å². The van der Waals surface area contributed by atoms with Gasteiger partial charge in [0, 0.05) is 0 Å². The van der Waals surface area contributed by atoms with Crippen molar-refractivity contribution in [1.29, 1.82) is 0 Å². The highest BCUT2D eigenvalue weighted by Crippen LogP contribution is 2.27. The van der Waals surface area contributed by atoms with Gasteiger partial charge in [0.25, 0.3) is 0 Å². The largest absolute Gasteiger partial charge is 0.490 e. The zero-order chi connectivity index (χ0) is 14.4. The van der Waals surface area contributed by atoms with E-state index in [0.29, 0.717) is 25.1 Å². The molecule has 3 heteroatoms. The monoisotopic (exact) mass is 266 g/mol. The predicted molar refractivity (Wildman–Crippen MR) is 78.7 cm³/mol. The van der Waals surface area contributed by atoms with Crippen LogP contribution in [0, 0.1) is 6.92 Å². The van der Waals surface area contributed by atoms with Gasteiger partial charge in [-0.3, -0.25) is 0 Å². The summed E-state index contributed by atoms with van der Waals surface area (Å²) < 4.78 is 5.80. The van der Waals surface area contributed by atoms with Crippen LogP contribution in [0.15, 0.2) is 18.2 Å². The van der Waals surface area contributed by atoms with E-state index in [4.69, 9.17) is 4.74 Å². The fourth-order valence-electron chi connectivity index (χ4n) is 1.93. The van der Waals surface area contributed by atoms with Gasteiger partial charge in [-0.2, -0.15) is 0 Å². The molecule has 0 aliphatic carbocycles. The Morgan fingerprint density at radius 3 is 2.47 bits per heavy atom. The van der Waals surface area contributed by atoms with Crippen molar-refractivity contribution in [2.75, 3.05) is 13.2 Å². The Labute approximate surface area is 117 Å². The first-order chi connectivity index (χ1) is 8.90. The topological polar surface area (TPSA) is 46.1 Å². The van der Waals surface area contributed by atoms with E-state index in [1.807, 2.05) is 6.07 Å². The summed E-state index contributed by atoms with van der Waals surface area (Å²) in [5.41, 5.74) is 2.38. The van der Waals surface area contributed by atoms with Gasteiger partial charge >= 0.3 is 0 Å². The molecule has 3 nitrogen and oxygen atoms in total. The fraction of sp³-hybridized carbons (Fsp3) is 0.625. The highest BCUT2D eigenvalue weighted by atomic mass is 16.5. The molecule has 0 saturated carbocycles. The first kappa shape index (κ1) is 16.0. The average molecular weight is 266 g/mol. The van der Waals surface area contributed by atoms with Crippen molar-refractivity contribution in [3.05, 3.63) is 29.3 Å². The second-order valence-electron chi connectivity index (χ2n) is 5.88. The summed E-state index contributed by atoms with van der Waals surface area (Å²) >= 11 is 0. The summed E-state index contributed by atoms with van der Waals surface area (Å²) in [6.07, 6.45) is -0.428. The molecule has 0 saturated heterocycles. The number of nitrogens with two attached hydrogens (primary N) is 1. The number of ether oxygens (including phenoxy) is 1. The minimum Gasteiger partial charge on any atom is -0.490 e. The van der Waals surface area contributed by atoms with Crippen molar-refractivity contribution < 1.29 is 15.2 Å². The Morgan fingerprint density at radius 2 is 1.89 bits per heavy atom. The van der Waals surface area contributed by atoms with Crippen molar-refractivity contribution in [2.45, 2.75) is 52.7 Å². The molecule has 108 valence electrons. The molecule has 19 heavy (non-hydrogen) atoms. The third-order valence-electron chi connectivity index (χ3n) is 3.10. The SMILES string of the molecule is Cc1ccc(C(C)C)c(OC[C@@H](O)C[NH2+]C(C)C)c1. The third-order valence-corrected chi connectivity index (χ3v) is 3.10. The maximum absolute atomic E-state index is 9.90. The lowest BCUT2D eigenvalue weighted by Crippen LogP contribution is -2.90. The van der Waals surface area contributed by atoms with Gasteiger partial charge in [-0.25, -0.2) is 0 Å². The zero-order valence-electron chi connectivity index (χ0n) is 12.8. The molecule has 0 amide bonds. The van der Waals surface area contributed by atoms with E-state index in [9.17, 15) is 5.11 Å². The summed E-state index contributed by atoms with van der Waals surface area (Å²) in [6, 6.07) is 6.77. The van der Waals surface area contributed by atoms with E-state index in [1.165, 1.54) is 11.1 Å². The second-order valence-corrected chi connectivity index (χ2v) is 5.88. The van der Waals surface area contributed by atoms with E-state index in [0.717, 1.165) is 5.75 Å². The summed E-state index contributed by atoms with van der Waals surface area (Å²) in [7, 11) is 0. The van der Waals surface area contributed by atoms with E-state index in [2.05, 4.69) is 52.1 Å². The number of rotatable bonds is 7. The Morgan fingerprint density at radius 1 is 1.21 bits per heavy atom. The number of aliphatic hydroxyl groups excluding tert-OH is 1. The maximum atomic E-state index is 9.90. The molecule has 1 aromatic rings. The van der Waals surface area contributed by atoms with Crippen molar-refractivity contribution in [3.8, 4) is 5.75 Å². The number of benzene rings is 1. The van der Waals surface area contributed by atoms with Crippen molar-refractivity contribution in [3.63, 3.8) is 0 Å². The van der Waals surface area contributed by atoms with Crippen LogP contribution in [-0.4, -0.2) is 30.4 Å². The van der Waals surface area contributed by atoms with Crippen molar-refractivity contribution >= 4 is 0 Å². The Bertz CT molecular complexity index is 388. The molecule has 0 fully saturated rings. The minimum atomic E-state index is -0.428. The molecule has 0 aromatic heterocycles. The molecule has 1 atom stereocenters. The van der Waals surface area contributed by atoms with E-state index >= 15 is 0 Å². The highest BCUT2D eigenvalue weighted by molar-refractivity contribution is 5.39.